The average molecular weight is 327 g/mol. The normalized spacial score (nSPS) is 10.2. The van der Waals surface area contributed by atoms with Gasteiger partial charge < -0.3 is 10.4 Å². The number of carboxylic acids is 1. The Morgan fingerprint density at radius 2 is 1.71 bits per heavy atom. The van der Waals surface area contributed by atoms with Crippen molar-refractivity contribution in [3.05, 3.63) is 62.1 Å². The summed E-state index contributed by atoms with van der Waals surface area (Å²) < 4.78 is 0. The molecule has 0 aliphatic heterocycles. The van der Waals surface area contributed by atoms with E-state index in [4.69, 9.17) is 28.3 Å². The largest absolute Gasteiger partial charge is 0.477 e. The molecule has 0 spiro atoms. The monoisotopic (exact) mass is 326 g/mol. The molecule has 108 valence electrons. The molecule has 6 nitrogen and oxygen atoms in total. The molecule has 0 saturated carbocycles. The first-order valence-corrected chi connectivity index (χ1v) is 6.38. The van der Waals surface area contributed by atoms with Crippen molar-refractivity contribution >= 4 is 46.2 Å². The summed E-state index contributed by atoms with van der Waals surface area (Å²) in [6.07, 6.45) is 0. The van der Waals surface area contributed by atoms with Crippen molar-refractivity contribution in [3.8, 4) is 0 Å². The molecule has 21 heavy (non-hydrogen) atoms. The Kier molecular flexibility index (Phi) is 4.30. The standard InChI is InChI=1S/C13H8Cl2N2O4/c14-10-4-2-7(5-11(10)15)16-8-1-3-9(13(18)19)12(6-8)17(20)21/h1-6,16H,(H,18,19). The Balaban J connectivity index is 2.36. The highest BCUT2D eigenvalue weighted by Crippen LogP contribution is 2.29. The van der Waals surface area contributed by atoms with E-state index < -0.39 is 16.6 Å². The number of aromatic carboxylic acids is 1. The zero-order chi connectivity index (χ0) is 15.6. The first-order valence-electron chi connectivity index (χ1n) is 5.62. The summed E-state index contributed by atoms with van der Waals surface area (Å²) >= 11 is 11.7. The Labute approximate surface area is 129 Å². The van der Waals surface area contributed by atoms with E-state index in [1.807, 2.05) is 0 Å². The highest BCUT2D eigenvalue weighted by atomic mass is 35.5. The van der Waals surface area contributed by atoms with Crippen LogP contribution in [0.15, 0.2) is 36.4 Å². The number of halogens is 2. The number of carboxylic acid groups (broad SMARTS) is 1. The second kappa shape index (κ2) is 5.99. The van der Waals surface area contributed by atoms with Gasteiger partial charge in [0.15, 0.2) is 0 Å². The summed E-state index contributed by atoms with van der Waals surface area (Å²) in [6.45, 7) is 0. The van der Waals surface area contributed by atoms with E-state index >= 15 is 0 Å². The predicted octanol–water partition coefficient (Wildman–Crippen LogP) is 4.34. The van der Waals surface area contributed by atoms with Gasteiger partial charge in [0.2, 0.25) is 0 Å². The van der Waals surface area contributed by atoms with Crippen LogP contribution in [0.25, 0.3) is 0 Å². The second-order valence-corrected chi connectivity index (χ2v) is 4.86. The number of hydrogen-bond donors (Lipinski definition) is 2. The molecule has 8 heteroatoms. The van der Waals surface area contributed by atoms with Gasteiger partial charge in [-0.25, -0.2) is 4.79 Å². The minimum Gasteiger partial charge on any atom is -0.477 e. The molecule has 0 atom stereocenters. The van der Waals surface area contributed by atoms with Gasteiger partial charge in [0, 0.05) is 17.4 Å². The van der Waals surface area contributed by atoms with Crippen molar-refractivity contribution in [1.29, 1.82) is 0 Å². The molecule has 0 heterocycles. The third-order valence-electron chi connectivity index (χ3n) is 2.63. The van der Waals surface area contributed by atoms with Gasteiger partial charge in [0.25, 0.3) is 5.69 Å². The minimum atomic E-state index is -1.36. The average Bonchev–Trinajstić information content (AvgIpc) is 2.42. The zero-order valence-corrected chi connectivity index (χ0v) is 11.9. The summed E-state index contributed by atoms with van der Waals surface area (Å²) in [5.74, 6) is -1.36. The topological polar surface area (TPSA) is 92.5 Å². The number of nitro groups is 1. The van der Waals surface area contributed by atoms with Crippen LogP contribution in [0.1, 0.15) is 10.4 Å². The Hall–Kier alpha value is -2.31. The van der Waals surface area contributed by atoms with Crippen molar-refractivity contribution in [2.24, 2.45) is 0 Å². The summed E-state index contributed by atoms with van der Waals surface area (Å²) in [7, 11) is 0. The fourth-order valence-electron chi connectivity index (χ4n) is 1.68. The molecule has 0 fully saturated rings. The SMILES string of the molecule is O=C(O)c1ccc(Nc2ccc(Cl)c(Cl)c2)cc1[N+](=O)[O-]. The fourth-order valence-corrected chi connectivity index (χ4v) is 1.98. The molecule has 2 rings (SSSR count). The Morgan fingerprint density at radius 1 is 1.10 bits per heavy atom. The molecular formula is C13H8Cl2N2O4. The maximum atomic E-state index is 10.9. The number of carbonyl (C=O) groups is 1. The van der Waals surface area contributed by atoms with Crippen molar-refractivity contribution in [2.75, 3.05) is 5.32 Å². The number of anilines is 2. The number of benzene rings is 2. The molecule has 0 aromatic heterocycles. The smallest absolute Gasteiger partial charge is 0.342 e. The van der Waals surface area contributed by atoms with E-state index in [9.17, 15) is 14.9 Å². The van der Waals surface area contributed by atoms with Gasteiger partial charge in [-0.2, -0.15) is 0 Å². The number of hydrogen-bond acceptors (Lipinski definition) is 4. The summed E-state index contributed by atoms with van der Waals surface area (Å²) in [4.78, 5) is 21.1. The van der Waals surface area contributed by atoms with Crippen LogP contribution in [0.3, 0.4) is 0 Å². The van der Waals surface area contributed by atoms with E-state index in [1.54, 1.807) is 18.2 Å². The van der Waals surface area contributed by atoms with Gasteiger partial charge in [-0.15, -0.1) is 0 Å². The highest BCUT2D eigenvalue weighted by molar-refractivity contribution is 6.42. The number of nitrogens with one attached hydrogen (secondary N) is 1. The van der Waals surface area contributed by atoms with Gasteiger partial charge in [-0.1, -0.05) is 23.2 Å². The fraction of sp³-hybridized carbons (Fsp3) is 0. The molecule has 0 saturated heterocycles. The summed E-state index contributed by atoms with van der Waals surface area (Å²) in [5.41, 5.74) is 0.0686. The van der Waals surface area contributed by atoms with Crippen LogP contribution < -0.4 is 5.32 Å². The van der Waals surface area contributed by atoms with Crippen LogP contribution in [-0.4, -0.2) is 16.0 Å². The molecule has 2 aromatic rings. The van der Waals surface area contributed by atoms with E-state index in [0.29, 0.717) is 21.4 Å². The molecule has 0 radical (unpaired) electrons. The molecule has 0 aliphatic carbocycles. The van der Waals surface area contributed by atoms with Crippen LogP contribution in [0.4, 0.5) is 17.1 Å². The first-order chi connectivity index (χ1) is 9.88. The quantitative estimate of drug-likeness (QED) is 0.643. The van der Waals surface area contributed by atoms with Gasteiger partial charge in [-0.05, 0) is 30.3 Å². The molecule has 2 N–H and O–H groups in total. The lowest BCUT2D eigenvalue weighted by atomic mass is 10.1. The van der Waals surface area contributed by atoms with E-state index in [1.165, 1.54) is 12.1 Å². The Bertz CT molecular complexity index is 734. The van der Waals surface area contributed by atoms with Gasteiger partial charge in [0.05, 0.1) is 15.0 Å². The minimum absolute atomic E-state index is 0.332. The number of rotatable bonds is 4. The lowest BCUT2D eigenvalue weighted by Crippen LogP contribution is -2.03. The van der Waals surface area contributed by atoms with Crippen molar-refractivity contribution in [2.45, 2.75) is 0 Å². The van der Waals surface area contributed by atoms with E-state index in [-0.39, 0.29) is 5.56 Å². The van der Waals surface area contributed by atoms with Crippen LogP contribution in [0.2, 0.25) is 10.0 Å². The lowest BCUT2D eigenvalue weighted by molar-refractivity contribution is -0.385. The number of nitrogens with zero attached hydrogens (tertiary/aromatic N) is 1. The van der Waals surface area contributed by atoms with E-state index in [2.05, 4.69) is 5.32 Å². The summed E-state index contributed by atoms with van der Waals surface area (Å²) in [6, 6.07) is 8.52. The molecule has 0 unspecified atom stereocenters. The van der Waals surface area contributed by atoms with Crippen molar-refractivity contribution < 1.29 is 14.8 Å². The number of nitro benzene ring substituents is 1. The third kappa shape index (κ3) is 3.42. The maximum Gasteiger partial charge on any atom is 0.342 e. The van der Waals surface area contributed by atoms with Crippen LogP contribution in [0, 0.1) is 10.1 Å². The third-order valence-corrected chi connectivity index (χ3v) is 3.37. The first kappa shape index (κ1) is 15.1. The summed E-state index contributed by atoms with van der Waals surface area (Å²) in [5, 5.41) is 23.4. The zero-order valence-electron chi connectivity index (χ0n) is 10.3. The van der Waals surface area contributed by atoms with Crippen LogP contribution >= 0.6 is 23.2 Å². The van der Waals surface area contributed by atoms with Gasteiger partial charge in [-0.3, -0.25) is 10.1 Å². The van der Waals surface area contributed by atoms with Crippen molar-refractivity contribution in [1.82, 2.24) is 0 Å². The Morgan fingerprint density at radius 3 is 2.29 bits per heavy atom. The second-order valence-electron chi connectivity index (χ2n) is 4.05. The van der Waals surface area contributed by atoms with Crippen molar-refractivity contribution in [3.63, 3.8) is 0 Å². The van der Waals surface area contributed by atoms with Gasteiger partial charge in [0.1, 0.15) is 5.56 Å². The van der Waals surface area contributed by atoms with Crippen LogP contribution in [-0.2, 0) is 0 Å². The molecule has 2 aromatic carbocycles. The molecular weight excluding hydrogens is 319 g/mol. The maximum absolute atomic E-state index is 10.9. The lowest BCUT2D eigenvalue weighted by Gasteiger charge is -2.08. The van der Waals surface area contributed by atoms with E-state index in [0.717, 1.165) is 6.07 Å². The van der Waals surface area contributed by atoms with Gasteiger partial charge >= 0.3 is 5.97 Å². The molecule has 0 bridgehead atoms. The predicted molar refractivity (Wildman–Crippen MR) is 79.8 cm³/mol. The molecule has 0 amide bonds. The molecule has 0 aliphatic rings. The van der Waals surface area contributed by atoms with Crippen LogP contribution in [0.5, 0.6) is 0 Å². The highest BCUT2D eigenvalue weighted by Gasteiger charge is 2.20.